The molecule has 0 radical (unpaired) electrons. The zero-order valence-electron chi connectivity index (χ0n) is 11.1. The number of nitrogens with two attached hydrogens (primary N) is 1. The van der Waals surface area contributed by atoms with Crippen LogP contribution in [-0.2, 0) is 6.42 Å². The van der Waals surface area contributed by atoms with Crippen molar-refractivity contribution in [3.05, 3.63) is 29.3 Å². The Morgan fingerprint density at radius 1 is 1.44 bits per heavy atom. The highest BCUT2D eigenvalue weighted by atomic mass is 32.2. The lowest BCUT2D eigenvalue weighted by atomic mass is 9.99. The molecule has 100 valence electrons. The van der Waals surface area contributed by atoms with Crippen molar-refractivity contribution >= 4 is 11.8 Å². The van der Waals surface area contributed by atoms with Crippen LogP contribution in [0, 0.1) is 0 Å². The third-order valence-corrected chi connectivity index (χ3v) is 4.33. The number of aryl methyl sites for hydroxylation is 1. The van der Waals surface area contributed by atoms with Gasteiger partial charge in [-0.05, 0) is 23.7 Å². The summed E-state index contributed by atoms with van der Waals surface area (Å²) in [7, 11) is 0. The Kier molecular flexibility index (Phi) is 4.92. The first-order valence-corrected chi connectivity index (χ1v) is 7.59. The second kappa shape index (κ2) is 6.45. The topological polar surface area (TPSA) is 47.3 Å². The van der Waals surface area contributed by atoms with E-state index in [4.69, 9.17) is 10.6 Å². The molecule has 0 bridgehead atoms. The van der Waals surface area contributed by atoms with Crippen LogP contribution >= 0.6 is 11.8 Å². The average molecular weight is 266 g/mol. The highest BCUT2D eigenvalue weighted by Crippen LogP contribution is 2.34. The van der Waals surface area contributed by atoms with Crippen molar-refractivity contribution in [2.45, 2.75) is 38.0 Å². The van der Waals surface area contributed by atoms with Crippen LogP contribution in [0.5, 0.6) is 5.75 Å². The van der Waals surface area contributed by atoms with E-state index in [0.717, 1.165) is 31.0 Å². The van der Waals surface area contributed by atoms with Crippen LogP contribution in [0.3, 0.4) is 0 Å². The first-order chi connectivity index (χ1) is 8.72. The Bertz CT molecular complexity index is 395. The maximum Gasteiger partial charge on any atom is 0.127 e. The van der Waals surface area contributed by atoms with Crippen LogP contribution in [-0.4, -0.2) is 17.6 Å². The second-order valence-corrected chi connectivity index (χ2v) is 6.50. The van der Waals surface area contributed by atoms with Gasteiger partial charge in [-0.1, -0.05) is 32.0 Å². The molecule has 1 heterocycles. The minimum Gasteiger partial charge on any atom is -0.493 e. The summed E-state index contributed by atoms with van der Waals surface area (Å²) in [6.07, 6.45) is 2.22. The van der Waals surface area contributed by atoms with E-state index in [2.05, 4.69) is 37.5 Å². The summed E-state index contributed by atoms with van der Waals surface area (Å²) < 4.78 is 5.84. The van der Waals surface area contributed by atoms with Crippen LogP contribution in [0.25, 0.3) is 0 Å². The molecule has 1 aliphatic rings. The summed E-state index contributed by atoms with van der Waals surface area (Å²) >= 11 is 1.91. The van der Waals surface area contributed by atoms with Gasteiger partial charge in [-0.3, -0.25) is 11.3 Å². The number of thioether (sulfide) groups is 1. The molecule has 0 amide bonds. The number of ether oxygens (including phenoxy) is 1. The fourth-order valence-corrected chi connectivity index (χ4v) is 3.06. The number of rotatable bonds is 5. The Balaban J connectivity index is 2.19. The molecular weight excluding hydrogens is 244 g/mol. The number of hydrogen-bond acceptors (Lipinski definition) is 4. The van der Waals surface area contributed by atoms with Crippen molar-refractivity contribution in [1.82, 2.24) is 5.43 Å². The van der Waals surface area contributed by atoms with E-state index < -0.39 is 0 Å². The highest BCUT2D eigenvalue weighted by molar-refractivity contribution is 7.99. The van der Waals surface area contributed by atoms with Crippen molar-refractivity contribution in [3.8, 4) is 5.75 Å². The van der Waals surface area contributed by atoms with E-state index in [-0.39, 0.29) is 6.04 Å². The molecule has 0 fully saturated rings. The summed E-state index contributed by atoms with van der Waals surface area (Å²) in [5, 5.41) is 0.612. The van der Waals surface area contributed by atoms with E-state index >= 15 is 0 Å². The summed E-state index contributed by atoms with van der Waals surface area (Å²) in [4.78, 5) is 0. The normalized spacial score (nSPS) is 16.2. The van der Waals surface area contributed by atoms with Crippen molar-refractivity contribution in [1.29, 1.82) is 0 Å². The Hall–Kier alpha value is -0.710. The number of para-hydroxylation sites is 1. The van der Waals surface area contributed by atoms with Crippen LogP contribution in [0.1, 0.15) is 37.4 Å². The zero-order valence-corrected chi connectivity index (χ0v) is 11.9. The molecule has 1 unspecified atom stereocenters. The molecule has 4 heteroatoms. The summed E-state index contributed by atoms with van der Waals surface area (Å²) in [5.41, 5.74) is 5.43. The number of benzene rings is 1. The van der Waals surface area contributed by atoms with Gasteiger partial charge in [0, 0.05) is 11.3 Å². The standard InChI is InChI=1S/C14H22N2OS/c1-10(2)18-9-13(16-15)12-7-3-5-11-6-4-8-17-14(11)12/h3,5,7,10,13,16H,4,6,8-9,15H2,1-2H3. The molecular formula is C14H22N2OS. The third-order valence-electron chi connectivity index (χ3n) is 3.14. The molecule has 3 nitrogen and oxygen atoms in total. The third kappa shape index (κ3) is 3.19. The van der Waals surface area contributed by atoms with E-state index in [9.17, 15) is 0 Å². The fraction of sp³-hybridized carbons (Fsp3) is 0.571. The predicted molar refractivity (Wildman–Crippen MR) is 77.9 cm³/mol. The Labute approximate surface area is 113 Å². The first-order valence-electron chi connectivity index (χ1n) is 6.54. The fourth-order valence-electron chi connectivity index (χ4n) is 2.21. The van der Waals surface area contributed by atoms with Crippen molar-refractivity contribution in [3.63, 3.8) is 0 Å². The van der Waals surface area contributed by atoms with Gasteiger partial charge in [-0.25, -0.2) is 0 Å². The highest BCUT2D eigenvalue weighted by Gasteiger charge is 2.20. The minimum absolute atomic E-state index is 0.158. The van der Waals surface area contributed by atoms with Crippen molar-refractivity contribution in [2.24, 2.45) is 5.84 Å². The first kappa shape index (κ1) is 13.7. The Morgan fingerprint density at radius 3 is 3.00 bits per heavy atom. The average Bonchev–Trinajstić information content (AvgIpc) is 2.39. The molecule has 18 heavy (non-hydrogen) atoms. The number of nitrogens with one attached hydrogen (secondary N) is 1. The monoisotopic (exact) mass is 266 g/mol. The van der Waals surface area contributed by atoms with Crippen molar-refractivity contribution in [2.75, 3.05) is 12.4 Å². The summed E-state index contributed by atoms with van der Waals surface area (Å²) in [6.45, 7) is 5.23. The van der Waals surface area contributed by atoms with Gasteiger partial charge in [0.15, 0.2) is 0 Å². The van der Waals surface area contributed by atoms with Gasteiger partial charge in [0.25, 0.3) is 0 Å². The van der Waals surface area contributed by atoms with E-state index in [1.807, 2.05) is 11.8 Å². The summed E-state index contributed by atoms with van der Waals surface area (Å²) in [6, 6.07) is 6.54. The maximum atomic E-state index is 5.84. The van der Waals surface area contributed by atoms with Crippen molar-refractivity contribution < 1.29 is 4.74 Å². The molecule has 0 aromatic heterocycles. The van der Waals surface area contributed by atoms with Gasteiger partial charge < -0.3 is 4.74 Å². The SMILES string of the molecule is CC(C)SCC(NN)c1cccc2c1OCCC2. The van der Waals surface area contributed by atoms with Crippen LogP contribution in [0.15, 0.2) is 18.2 Å². The van der Waals surface area contributed by atoms with Gasteiger partial charge in [0.2, 0.25) is 0 Å². The lowest BCUT2D eigenvalue weighted by Crippen LogP contribution is -2.31. The van der Waals surface area contributed by atoms with E-state index in [1.165, 1.54) is 11.1 Å². The molecule has 1 aromatic rings. The second-order valence-electron chi connectivity index (χ2n) is 4.89. The van der Waals surface area contributed by atoms with E-state index in [1.54, 1.807) is 0 Å². The molecule has 1 atom stereocenters. The van der Waals surface area contributed by atoms with Crippen LogP contribution in [0.4, 0.5) is 0 Å². The molecule has 2 rings (SSSR count). The van der Waals surface area contributed by atoms with Gasteiger partial charge in [-0.15, -0.1) is 0 Å². The predicted octanol–water partition coefficient (Wildman–Crippen LogP) is 2.66. The molecule has 1 aromatic carbocycles. The molecule has 3 N–H and O–H groups in total. The number of hydrogen-bond donors (Lipinski definition) is 2. The number of hydrazine groups is 1. The minimum atomic E-state index is 0.158. The largest absolute Gasteiger partial charge is 0.493 e. The summed E-state index contributed by atoms with van der Waals surface area (Å²) in [5.74, 6) is 7.72. The molecule has 0 saturated carbocycles. The quantitative estimate of drug-likeness (QED) is 0.635. The number of fused-ring (bicyclic) bond motifs is 1. The van der Waals surface area contributed by atoms with Gasteiger partial charge in [-0.2, -0.15) is 11.8 Å². The van der Waals surface area contributed by atoms with Gasteiger partial charge in [0.05, 0.1) is 12.6 Å². The lowest BCUT2D eigenvalue weighted by Gasteiger charge is -2.25. The lowest BCUT2D eigenvalue weighted by molar-refractivity contribution is 0.282. The van der Waals surface area contributed by atoms with Crippen LogP contribution < -0.4 is 16.0 Å². The molecule has 0 spiro atoms. The van der Waals surface area contributed by atoms with Crippen LogP contribution in [0.2, 0.25) is 0 Å². The van der Waals surface area contributed by atoms with E-state index in [0.29, 0.717) is 5.25 Å². The maximum absolute atomic E-state index is 5.84. The molecule has 0 saturated heterocycles. The smallest absolute Gasteiger partial charge is 0.127 e. The molecule has 0 aliphatic carbocycles. The zero-order chi connectivity index (χ0) is 13.0. The van der Waals surface area contributed by atoms with Gasteiger partial charge >= 0.3 is 0 Å². The molecule has 1 aliphatic heterocycles. The van der Waals surface area contributed by atoms with Gasteiger partial charge in [0.1, 0.15) is 5.75 Å². The Morgan fingerprint density at radius 2 is 2.28 bits per heavy atom.